The summed E-state index contributed by atoms with van der Waals surface area (Å²) in [5.74, 6) is 2.72. The van der Waals surface area contributed by atoms with Crippen LogP contribution in [0.4, 0.5) is 0 Å². The Bertz CT molecular complexity index is 739. The van der Waals surface area contributed by atoms with Gasteiger partial charge < -0.3 is 24.7 Å². The van der Waals surface area contributed by atoms with Crippen LogP contribution in [0.5, 0.6) is 5.75 Å². The molecule has 3 rings (SSSR count). The van der Waals surface area contributed by atoms with Crippen molar-refractivity contribution in [2.45, 2.75) is 51.7 Å². The fraction of sp³-hybridized carbons (Fsp3) is 0.522. The molecule has 0 bridgehead atoms. The van der Waals surface area contributed by atoms with Gasteiger partial charge in [0.25, 0.3) is 0 Å². The van der Waals surface area contributed by atoms with Crippen LogP contribution in [0.15, 0.2) is 52.1 Å². The Balaban J connectivity index is 0.00000320. The zero-order valence-corrected chi connectivity index (χ0v) is 20.6. The van der Waals surface area contributed by atoms with Crippen molar-refractivity contribution < 1.29 is 9.15 Å². The average molecular weight is 526 g/mol. The number of ether oxygens (including phenoxy) is 1. The Labute approximate surface area is 197 Å². The number of likely N-dealkylation sites (tertiary alicyclic amines) is 1. The maximum atomic E-state index is 5.43. The lowest BCUT2D eigenvalue weighted by Crippen LogP contribution is -2.50. The SMILES string of the molecule is COc1ccc(CN=C(NCCc2ccco2)NC2CCN(C(C)C)CC2)cc1.I. The topological polar surface area (TPSA) is 62.0 Å². The number of furan rings is 1. The molecule has 2 aromatic rings. The van der Waals surface area contributed by atoms with E-state index in [9.17, 15) is 0 Å². The summed E-state index contributed by atoms with van der Waals surface area (Å²) in [6.07, 6.45) is 4.83. The van der Waals surface area contributed by atoms with Crippen LogP contribution < -0.4 is 15.4 Å². The van der Waals surface area contributed by atoms with Gasteiger partial charge in [-0.05, 0) is 56.5 Å². The summed E-state index contributed by atoms with van der Waals surface area (Å²) >= 11 is 0. The number of nitrogens with one attached hydrogen (secondary N) is 2. The molecule has 0 amide bonds. The van der Waals surface area contributed by atoms with E-state index in [0.29, 0.717) is 18.6 Å². The third-order valence-corrected chi connectivity index (χ3v) is 5.42. The van der Waals surface area contributed by atoms with Crippen LogP contribution in [-0.4, -0.2) is 49.7 Å². The monoisotopic (exact) mass is 526 g/mol. The molecule has 2 N–H and O–H groups in total. The first kappa shape index (κ1) is 24.5. The van der Waals surface area contributed by atoms with Gasteiger partial charge in [-0.15, -0.1) is 24.0 Å². The number of piperidine rings is 1. The van der Waals surface area contributed by atoms with E-state index in [1.807, 2.05) is 24.3 Å². The summed E-state index contributed by atoms with van der Waals surface area (Å²) in [6, 6.07) is 13.1. The molecule has 0 radical (unpaired) electrons. The van der Waals surface area contributed by atoms with Gasteiger partial charge in [0.15, 0.2) is 5.96 Å². The predicted octanol–water partition coefficient (Wildman–Crippen LogP) is 4.06. The third kappa shape index (κ3) is 7.83. The first-order valence-electron chi connectivity index (χ1n) is 10.6. The number of aliphatic imine (C=N–C) groups is 1. The lowest BCUT2D eigenvalue weighted by molar-refractivity contribution is 0.167. The number of rotatable bonds is 8. The lowest BCUT2D eigenvalue weighted by Gasteiger charge is -2.35. The normalized spacial score (nSPS) is 15.7. The fourth-order valence-corrected chi connectivity index (χ4v) is 3.57. The van der Waals surface area contributed by atoms with Crippen molar-refractivity contribution in [2.24, 2.45) is 4.99 Å². The van der Waals surface area contributed by atoms with E-state index in [1.165, 1.54) is 0 Å². The molecule has 0 spiro atoms. The first-order valence-corrected chi connectivity index (χ1v) is 10.6. The van der Waals surface area contributed by atoms with E-state index in [1.54, 1.807) is 13.4 Å². The highest BCUT2D eigenvalue weighted by Gasteiger charge is 2.21. The van der Waals surface area contributed by atoms with Crippen molar-refractivity contribution in [1.82, 2.24) is 15.5 Å². The second-order valence-corrected chi connectivity index (χ2v) is 7.82. The number of hydrogen-bond acceptors (Lipinski definition) is 4. The minimum absolute atomic E-state index is 0. The Morgan fingerprint density at radius 3 is 2.53 bits per heavy atom. The molecule has 0 unspecified atom stereocenters. The number of nitrogens with zero attached hydrogens (tertiary/aromatic N) is 2. The molecule has 1 aliphatic heterocycles. The Kier molecular flexibility index (Phi) is 10.5. The Hall–Kier alpha value is -1.74. The van der Waals surface area contributed by atoms with Crippen molar-refractivity contribution in [3.63, 3.8) is 0 Å². The molecule has 1 saturated heterocycles. The third-order valence-electron chi connectivity index (χ3n) is 5.42. The zero-order chi connectivity index (χ0) is 20.5. The molecule has 166 valence electrons. The smallest absolute Gasteiger partial charge is 0.191 e. The molecule has 2 heterocycles. The summed E-state index contributed by atoms with van der Waals surface area (Å²) in [7, 11) is 1.68. The largest absolute Gasteiger partial charge is 0.497 e. The zero-order valence-electron chi connectivity index (χ0n) is 18.3. The fourth-order valence-electron chi connectivity index (χ4n) is 3.57. The van der Waals surface area contributed by atoms with E-state index in [2.05, 4.69) is 41.5 Å². The molecule has 0 atom stereocenters. The van der Waals surface area contributed by atoms with Crippen LogP contribution in [0.1, 0.15) is 38.0 Å². The summed E-state index contributed by atoms with van der Waals surface area (Å²) < 4.78 is 10.7. The van der Waals surface area contributed by atoms with Crippen LogP contribution in [0, 0.1) is 0 Å². The van der Waals surface area contributed by atoms with E-state index in [-0.39, 0.29) is 24.0 Å². The van der Waals surface area contributed by atoms with Crippen molar-refractivity contribution in [1.29, 1.82) is 0 Å². The van der Waals surface area contributed by atoms with E-state index in [0.717, 1.165) is 61.9 Å². The predicted molar refractivity (Wildman–Crippen MR) is 133 cm³/mol. The molecular formula is C23H35IN4O2. The molecule has 0 saturated carbocycles. The van der Waals surface area contributed by atoms with Crippen LogP contribution in [-0.2, 0) is 13.0 Å². The van der Waals surface area contributed by atoms with Gasteiger partial charge in [0.1, 0.15) is 11.5 Å². The number of hydrogen-bond donors (Lipinski definition) is 2. The van der Waals surface area contributed by atoms with Crippen molar-refractivity contribution in [3.8, 4) is 5.75 Å². The highest BCUT2D eigenvalue weighted by Crippen LogP contribution is 2.14. The maximum absolute atomic E-state index is 5.43. The standard InChI is InChI=1S/C23H34N4O2.HI/c1-18(2)27-14-11-20(12-15-27)26-23(24-13-10-22-5-4-16-29-22)25-17-19-6-8-21(28-3)9-7-19;/h4-9,16,18,20H,10-15,17H2,1-3H3,(H2,24,25,26);1H. The van der Waals surface area contributed by atoms with Crippen molar-refractivity contribution in [2.75, 3.05) is 26.7 Å². The number of benzene rings is 1. The van der Waals surface area contributed by atoms with Gasteiger partial charge in [-0.25, -0.2) is 4.99 Å². The Morgan fingerprint density at radius 1 is 1.20 bits per heavy atom. The summed E-state index contributed by atoms with van der Waals surface area (Å²) in [5, 5.41) is 7.12. The van der Waals surface area contributed by atoms with Crippen LogP contribution in [0.25, 0.3) is 0 Å². The first-order chi connectivity index (χ1) is 14.1. The molecular weight excluding hydrogens is 491 g/mol. The van der Waals surface area contributed by atoms with Crippen LogP contribution in [0.3, 0.4) is 0 Å². The lowest BCUT2D eigenvalue weighted by atomic mass is 10.0. The molecule has 30 heavy (non-hydrogen) atoms. The van der Waals surface area contributed by atoms with E-state index >= 15 is 0 Å². The second-order valence-electron chi connectivity index (χ2n) is 7.82. The molecule has 1 aromatic carbocycles. The van der Waals surface area contributed by atoms with E-state index < -0.39 is 0 Å². The van der Waals surface area contributed by atoms with Gasteiger partial charge in [-0.1, -0.05) is 12.1 Å². The van der Waals surface area contributed by atoms with Crippen LogP contribution >= 0.6 is 24.0 Å². The van der Waals surface area contributed by atoms with Crippen molar-refractivity contribution >= 4 is 29.9 Å². The van der Waals surface area contributed by atoms with Gasteiger partial charge in [-0.3, -0.25) is 0 Å². The summed E-state index contributed by atoms with van der Waals surface area (Å²) in [4.78, 5) is 7.36. The minimum atomic E-state index is 0. The maximum Gasteiger partial charge on any atom is 0.191 e. The highest BCUT2D eigenvalue weighted by molar-refractivity contribution is 14.0. The molecule has 1 aliphatic rings. The second kappa shape index (κ2) is 12.8. The molecule has 7 heteroatoms. The van der Waals surface area contributed by atoms with Gasteiger partial charge >= 0.3 is 0 Å². The van der Waals surface area contributed by atoms with Gasteiger partial charge in [0.05, 0.1) is 19.9 Å². The summed E-state index contributed by atoms with van der Waals surface area (Å²) in [6.45, 7) is 8.22. The van der Waals surface area contributed by atoms with E-state index in [4.69, 9.17) is 14.1 Å². The van der Waals surface area contributed by atoms with Crippen molar-refractivity contribution in [3.05, 3.63) is 54.0 Å². The molecule has 1 fully saturated rings. The highest BCUT2D eigenvalue weighted by atomic mass is 127. The quantitative estimate of drug-likeness (QED) is 0.309. The number of guanidine groups is 1. The van der Waals surface area contributed by atoms with Gasteiger partial charge in [0.2, 0.25) is 0 Å². The minimum Gasteiger partial charge on any atom is -0.497 e. The molecule has 6 nitrogen and oxygen atoms in total. The Morgan fingerprint density at radius 2 is 1.93 bits per heavy atom. The molecule has 0 aliphatic carbocycles. The van der Waals surface area contributed by atoms with Gasteiger partial charge in [-0.2, -0.15) is 0 Å². The number of methoxy groups -OCH3 is 1. The number of halogens is 1. The van der Waals surface area contributed by atoms with Crippen LogP contribution in [0.2, 0.25) is 0 Å². The van der Waals surface area contributed by atoms with Gasteiger partial charge in [0, 0.05) is 38.1 Å². The molecule has 1 aromatic heterocycles. The average Bonchev–Trinajstić information content (AvgIpc) is 3.26. The summed E-state index contributed by atoms with van der Waals surface area (Å²) in [5.41, 5.74) is 1.16.